The van der Waals surface area contributed by atoms with E-state index in [4.69, 9.17) is 15.3 Å². The Morgan fingerprint density at radius 1 is 0.500 bits per heavy atom. The minimum absolute atomic E-state index is 0.331. The molecule has 0 aromatic carbocycles. The van der Waals surface area contributed by atoms with Crippen LogP contribution in [0.1, 0.15) is 105 Å². The fourth-order valence-corrected chi connectivity index (χ4v) is 1.99. The summed E-state index contributed by atoms with van der Waals surface area (Å²) in [6.07, 6.45) is 13.2. The summed E-state index contributed by atoms with van der Waals surface area (Å²) in [4.78, 5) is 0. The van der Waals surface area contributed by atoms with Gasteiger partial charge in [-0.25, -0.2) is 0 Å². The van der Waals surface area contributed by atoms with Crippen LogP contribution >= 0.6 is 0 Å². The van der Waals surface area contributed by atoms with Crippen molar-refractivity contribution in [2.45, 2.75) is 105 Å². The third-order valence-corrected chi connectivity index (χ3v) is 3.66. The molecule has 0 aromatic rings. The van der Waals surface area contributed by atoms with E-state index in [1.165, 1.54) is 51.4 Å². The lowest BCUT2D eigenvalue weighted by atomic mass is 10.1. The maximum atomic E-state index is 8.43. The normalized spacial score (nSPS) is 10.2. The van der Waals surface area contributed by atoms with Gasteiger partial charge in [0, 0.05) is 19.8 Å². The predicted molar refractivity (Wildman–Crippen MR) is 107 cm³/mol. The van der Waals surface area contributed by atoms with Crippen LogP contribution in [0.25, 0.3) is 0 Å². The molecule has 3 heteroatoms. The highest BCUT2D eigenvalue weighted by molar-refractivity contribution is 4.46. The van der Waals surface area contributed by atoms with Gasteiger partial charge in [-0.15, -0.1) is 0 Å². The summed E-state index contributed by atoms with van der Waals surface area (Å²) < 4.78 is 0. The van der Waals surface area contributed by atoms with Gasteiger partial charge in [0.05, 0.1) is 0 Å². The molecule has 0 aliphatic heterocycles. The van der Waals surface area contributed by atoms with Crippen molar-refractivity contribution in [1.29, 1.82) is 0 Å². The molecule has 150 valence electrons. The van der Waals surface area contributed by atoms with Crippen molar-refractivity contribution in [1.82, 2.24) is 0 Å². The molecule has 0 aliphatic carbocycles. The highest BCUT2D eigenvalue weighted by atomic mass is 16.3. The van der Waals surface area contributed by atoms with E-state index < -0.39 is 0 Å². The van der Waals surface area contributed by atoms with E-state index >= 15 is 0 Å². The van der Waals surface area contributed by atoms with E-state index in [0.717, 1.165) is 25.2 Å². The molecule has 0 heterocycles. The maximum Gasteiger partial charge on any atom is 0.0433 e. The summed E-state index contributed by atoms with van der Waals surface area (Å²) in [6, 6.07) is 0. The van der Waals surface area contributed by atoms with E-state index in [1.54, 1.807) is 0 Å². The SMILES string of the molecule is CC(C)CCCCCO.CC(C)CCO.CCCCCCCCO. The fourth-order valence-electron chi connectivity index (χ4n) is 1.99. The monoisotopic (exact) mass is 348 g/mol. The van der Waals surface area contributed by atoms with Crippen LogP contribution in [0, 0.1) is 11.8 Å². The Morgan fingerprint density at radius 3 is 1.25 bits per heavy atom. The van der Waals surface area contributed by atoms with Gasteiger partial charge in [-0.1, -0.05) is 86.0 Å². The van der Waals surface area contributed by atoms with Crippen LogP contribution in [-0.2, 0) is 0 Å². The standard InChI is InChI=1S/2C8H18O.C5H12O/c1-8(2)6-4-3-5-7-9;1-2-3-4-5-6-7-8-9;1-5(2)3-4-6/h8-9H,3-7H2,1-2H3;9H,2-8H2,1H3;5-6H,3-4H2,1-2H3. The Bertz CT molecular complexity index is 176. The van der Waals surface area contributed by atoms with Gasteiger partial charge in [0.25, 0.3) is 0 Å². The van der Waals surface area contributed by atoms with Crippen molar-refractivity contribution in [3.63, 3.8) is 0 Å². The van der Waals surface area contributed by atoms with Crippen LogP contribution in [0.15, 0.2) is 0 Å². The Balaban J connectivity index is -0.000000282. The van der Waals surface area contributed by atoms with Gasteiger partial charge in [-0.05, 0) is 31.1 Å². The van der Waals surface area contributed by atoms with Crippen LogP contribution in [0.4, 0.5) is 0 Å². The molecule has 0 spiro atoms. The molecule has 3 nitrogen and oxygen atoms in total. The van der Waals surface area contributed by atoms with Gasteiger partial charge >= 0.3 is 0 Å². The van der Waals surface area contributed by atoms with Gasteiger partial charge < -0.3 is 15.3 Å². The lowest BCUT2D eigenvalue weighted by molar-refractivity contribution is 0.268. The summed E-state index contributed by atoms with van der Waals surface area (Å²) in [5.74, 6) is 1.47. The molecule has 0 rings (SSSR count). The van der Waals surface area contributed by atoms with E-state index in [-0.39, 0.29) is 0 Å². The molecule has 3 N–H and O–H groups in total. The van der Waals surface area contributed by atoms with Crippen LogP contribution in [-0.4, -0.2) is 35.1 Å². The molecule has 0 amide bonds. The van der Waals surface area contributed by atoms with Crippen molar-refractivity contribution in [3.8, 4) is 0 Å². The zero-order valence-corrected chi connectivity index (χ0v) is 17.4. The van der Waals surface area contributed by atoms with Crippen molar-refractivity contribution in [2.24, 2.45) is 11.8 Å². The number of unbranched alkanes of at least 4 members (excludes halogenated alkanes) is 7. The molecule has 0 aliphatic rings. The molecule has 24 heavy (non-hydrogen) atoms. The smallest absolute Gasteiger partial charge is 0.0433 e. The van der Waals surface area contributed by atoms with Crippen LogP contribution in [0.5, 0.6) is 0 Å². The average molecular weight is 349 g/mol. The summed E-state index contributed by atoms with van der Waals surface area (Å²) >= 11 is 0. The Hall–Kier alpha value is -0.120. The first-order valence-electron chi connectivity index (χ1n) is 10.3. The molecule has 0 atom stereocenters. The third kappa shape index (κ3) is 43.1. The van der Waals surface area contributed by atoms with Gasteiger partial charge in [-0.3, -0.25) is 0 Å². The van der Waals surface area contributed by atoms with E-state index in [9.17, 15) is 0 Å². The molecular formula is C21H48O3. The zero-order valence-electron chi connectivity index (χ0n) is 17.4. The molecule has 0 bridgehead atoms. The predicted octanol–water partition coefficient (Wildman–Crippen LogP) is 5.56. The number of hydrogen-bond donors (Lipinski definition) is 3. The van der Waals surface area contributed by atoms with Gasteiger partial charge in [-0.2, -0.15) is 0 Å². The molecule has 0 saturated carbocycles. The molecule has 0 unspecified atom stereocenters. The van der Waals surface area contributed by atoms with Gasteiger partial charge in [0.1, 0.15) is 0 Å². The highest BCUT2D eigenvalue weighted by Crippen LogP contribution is 2.07. The minimum Gasteiger partial charge on any atom is -0.396 e. The summed E-state index contributed by atoms with van der Waals surface area (Å²) in [6.45, 7) is 11.9. The first-order valence-corrected chi connectivity index (χ1v) is 10.3. The summed E-state index contributed by atoms with van der Waals surface area (Å²) in [5.41, 5.74) is 0. The van der Waals surface area contributed by atoms with E-state index in [2.05, 4.69) is 34.6 Å². The first-order chi connectivity index (χ1) is 11.5. The Kier molecular flexibility index (Phi) is 33.1. The number of aliphatic hydroxyl groups excluding tert-OH is 3. The second kappa shape index (κ2) is 27.7. The second-order valence-corrected chi connectivity index (χ2v) is 7.36. The first kappa shape index (κ1) is 28.7. The third-order valence-electron chi connectivity index (χ3n) is 3.66. The van der Waals surface area contributed by atoms with Crippen LogP contribution in [0.3, 0.4) is 0 Å². The highest BCUT2D eigenvalue weighted by Gasteiger charge is 1.92. The van der Waals surface area contributed by atoms with E-state index in [1.807, 2.05) is 0 Å². The quantitative estimate of drug-likeness (QED) is 0.382. The molecule has 0 saturated heterocycles. The number of hydrogen-bond acceptors (Lipinski definition) is 3. The van der Waals surface area contributed by atoms with Crippen LogP contribution < -0.4 is 0 Å². The fraction of sp³-hybridized carbons (Fsp3) is 1.00. The maximum absolute atomic E-state index is 8.43. The molecule has 0 fully saturated rings. The van der Waals surface area contributed by atoms with Crippen molar-refractivity contribution in [2.75, 3.05) is 19.8 Å². The Labute approximate surface area is 152 Å². The van der Waals surface area contributed by atoms with Gasteiger partial charge in [0.15, 0.2) is 0 Å². The molecule has 0 aromatic heterocycles. The summed E-state index contributed by atoms with van der Waals surface area (Å²) in [7, 11) is 0. The topological polar surface area (TPSA) is 60.7 Å². The second-order valence-electron chi connectivity index (χ2n) is 7.36. The number of rotatable bonds is 13. The molecule has 0 radical (unpaired) electrons. The average Bonchev–Trinajstić information content (AvgIpc) is 2.52. The Morgan fingerprint density at radius 2 is 0.917 bits per heavy atom. The largest absolute Gasteiger partial charge is 0.396 e. The lowest BCUT2D eigenvalue weighted by Gasteiger charge is -2.01. The van der Waals surface area contributed by atoms with Gasteiger partial charge in [0.2, 0.25) is 0 Å². The van der Waals surface area contributed by atoms with Crippen molar-refractivity contribution >= 4 is 0 Å². The lowest BCUT2D eigenvalue weighted by Crippen LogP contribution is -1.89. The minimum atomic E-state index is 0.331. The van der Waals surface area contributed by atoms with E-state index in [0.29, 0.717) is 25.7 Å². The summed E-state index contributed by atoms with van der Waals surface area (Å²) in [5, 5.41) is 25.1. The van der Waals surface area contributed by atoms with Crippen molar-refractivity contribution in [3.05, 3.63) is 0 Å². The zero-order chi connectivity index (χ0) is 19.1. The van der Waals surface area contributed by atoms with Crippen molar-refractivity contribution < 1.29 is 15.3 Å². The molecular weight excluding hydrogens is 300 g/mol. The number of aliphatic hydroxyl groups is 3. The van der Waals surface area contributed by atoms with Crippen LogP contribution in [0.2, 0.25) is 0 Å².